The Morgan fingerprint density at radius 3 is 1.69 bits per heavy atom. The van der Waals surface area contributed by atoms with Crippen molar-refractivity contribution in [2.75, 3.05) is 41.9 Å². The average Bonchev–Trinajstić information content (AvgIpc) is 4.27. The number of hydrogen-bond donors (Lipinski definition) is 0. The fourth-order valence-corrected chi connectivity index (χ4v) is 9.90. The second-order valence-corrected chi connectivity index (χ2v) is 23.4. The van der Waals surface area contributed by atoms with Crippen molar-refractivity contribution in [3.8, 4) is 0 Å². The molecule has 77 heavy (non-hydrogen) atoms. The first-order valence-electron chi connectivity index (χ1n) is 26.0. The van der Waals surface area contributed by atoms with Gasteiger partial charge < -0.3 is 41.8 Å². The second-order valence-electron chi connectivity index (χ2n) is 20.2. The largest absolute Gasteiger partial charge is 0.394 e. The number of hydrogen-bond acceptors (Lipinski definition) is 5. The normalized spacial score (nSPS) is 16.0. The summed E-state index contributed by atoms with van der Waals surface area (Å²) in [5.74, 6) is 2.33. The quantitative estimate of drug-likeness (QED) is 0.0379. The van der Waals surface area contributed by atoms with Crippen LogP contribution in [0.4, 0.5) is 0 Å². The van der Waals surface area contributed by atoms with Crippen molar-refractivity contribution in [3.05, 3.63) is 159 Å². The SMILES string of the molecule is CC1=C(C)N(C)C=[N+](C)[C-]1C.CC1=C(C)N(C)C=[O+][C-]1C.CC1=C(C)N(C)C=[S+][C-]1C.CC1=C(C)P(C)C=[N+](C)[C-]1C.C[c-]1[c-]2ccc[n+]2c[n+]1C.C[n+]1cn2cccc2[n-]1.Cc1ncn(C)c1C.Cc1ncn(C)c1C. The molecule has 17 heteroatoms. The Balaban J connectivity index is 0.000000232. The van der Waals surface area contributed by atoms with Crippen LogP contribution >= 0.6 is 7.92 Å². The van der Waals surface area contributed by atoms with E-state index in [-0.39, 0.29) is 7.92 Å². The van der Waals surface area contributed by atoms with Gasteiger partial charge in [0.05, 0.1) is 74.3 Å². The number of aryl methyl sites for hydroxylation is 7. The Morgan fingerprint density at radius 1 is 0.662 bits per heavy atom. The summed E-state index contributed by atoms with van der Waals surface area (Å²) in [6.07, 6.45) is 16.5. The number of amides is 1. The number of fused-ring (bicyclic) bond motifs is 2. The third kappa shape index (κ3) is 17.7. The van der Waals surface area contributed by atoms with Crippen LogP contribution in [0.25, 0.3) is 11.2 Å². The van der Waals surface area contributed by atoms with Gasteiger partial charge in [0.1, 0.15) is 37.5 Å². The number of imidazole rings is 3. The highest BCUT2D eigenvalue weighted by atomic mass is 32.1. The number of allylic oxidation sites excluding steroid dienone is 4. The van der Waals surface area contributed by atoms with Crippen LogP contribution in [0.1, 0.15) is 112 Å². The second kappa shape index (κ2) is 29.2. The summed E-state index contributed by atoms with van der Waals surface area (Å²) in [6, 6.07) is 10.9. The van der Waals surface area contributed by atoms with Crippen LogP contribution in [-0.4, -0.2) is 113 Å². The van der Waals surface area contributed by atoms with Crippen LogP contribution in [0.2, 0.25) is 0 Å². The molecule has 10 rings (SSSR count). The Kier molecular flexibility index (Phi) is 24.5. The minimum atomic E-state index is 0.00154. The molecular formula is C60H95N14OPS. The predicted molar refractivity (Wildman–Crippen MR) is 323 cm³/mol. The van der Waals surface area contributed by atoms with E-state index >= 15 is 0 Å². The van der Waals surface area contributed by atoms with Gasteiger partial charge in [-0.3, -0.25) is 14.2 Å². The topological polar surface area (TPSA) is 93.1 Å². The van der Waals surface area contributed by atoms with Crippen LogP contribution < -0.4 is 18.7 Å². The molecule has 1 atom stereocenters. The molecule has 0 aromatic carbocycles. The molecule has 0 radical (unpaired) electrons. The molecule has 1 unspecified atom stereocenters. The lowest BCUT2D eigenvalue weighted by molar-refractivity contribution is -0.731. The lowest BCUT2D eigenvalue weighted by atomic mass is 10.1. The van der Waals surface area contributed by atoms with Crippen LogP contribution in [0.3, 0.4) is 0 Å². The molecule has 0 aliphatic carbocycles. The van der Waals surface area contributed by atoms with Crippen LogP contribution in [0, 0.1) is 58.1 Å². The third-order valence-corrected chi connectivity index (χ3v) is 18.4. The Labute approximate surface area is 469 Å². The fraction of sp³-hybridized carbons (Fsp3) is 0.450. The van der Waals surface area contributed by atoms with E-state index in [9.17, 15) is 0 Å². The predicted octanol–water partition coefficient (Wildman–Crippen LogP) is 8.96. The van der Waals surface area contributed by atoms with Crippen molar-refractivity contribution < 1.29 is 27.2 Å². The minimum absolute atomic E-state index is 0.00154. The summed E-state index contributed by atoms with van der Waals surface area (Å²) in [5, 5.41) is 7.13. The zero-order valence-corrected chi connectivity index (χ0v) is 53.8. The Bertz CT molecular complexity index is 2890. The van der Waals surface area contributed by atoms with Crippen molar-refractivity contribution in [2.45, 2.75) is 118 Å². The van der Waals surface area contributed by atoms with Crippen LogP contribution in [-0.2, 0) is 44.0 Å². The smallest absolute Gasteiger partial charge is 0.322 e. The van der Waals surface area contributed by atoms with Gasteiger partial charge in [-0.25, -0.2) is 14.5 Å². The number of likely N-dealkylation sites (N-methyl/N-ethyl adjacent to an activating group) is 2. The maximum atomic E-state index is 5.23. The molecular weight excluding hydrogens is 996 g/mol. The number of rotatable bonds is 0. The number of aromatic nitrogens is 9. The summed E-state index contributed by atoms with van der Waals surface area (Å²) in [7, 11) is 18.3. The zero-order chi connectivity index (χ0) is 58.3. The fourth-order valence-electron chi connectivity index (χ4n) is 7.54. The first-order chi connectivity index (χ1) is 35.9. The first kappa shape index (κ1) is 64.6. The molecule has 0 N–H and O–H groups in total. The van der Waals surface area contributed by atoms with E-state index in [1.807, 2.05) is 105 Å². The number of nitrogens with zero attached hydrogens (tertiary/aromatic N) is 14. The van der Waals surface area contributed by atoms with Gasteiger partial charge in [-0.15, -0.1) is 24.5 Å². The van der Waals surface area contributed by atoms with Gasteiger partial charge in [0.15, 0.2) is 0 Å². The zero-order valence-electron chi connectivity index (χ0n) is 52.1. The monoisotopic (exact) mass is 1090 g/mol. The highest BCUT2D eigenvalue weighted by Gasteiger charge is 2.17. The summed E-state index contributed by atoms with van der Waals surface area (Å²) >= 11 is 1.80. The lowest BCUT2D eigenvalue weighted by Crippen LogP contribution is -2.30. The van der Waals surface area contributed by atoms with E-state index in [0.717, 1.165) is 23.1 Å². The van der Waals surface area contributed by atoms with Gasteiger partial charge in [0, 0.05) is 38.6 Å². The van der Waals surface area contributed by atoms with E-state index in [1.54, 1.807) is 27.8 Å². The molecule has 422 valence electrons. The molecule has 6 aromatic heterocycles. The van der Waals surface area contributed by atoms with Gasteiger partial charge in [0.25, 0.3) is 6.41 Å². The molecule has 10 heterocycles. The molecule has 0 saturated heterocycles. The number of carbonyl (C=O) groups excluding carboxylic acids is 1. The standard InChI is InChI=1S/C9H16N2.C9H16NP.C8H10N2.C8H13NO.C8H13NS.C6H7N3.2C6H10N2/c2*1-7-8(2)10(4)6-11(5)9(7)3;1-7-8-4-3-5-10(8)6-9(7)2;2*1-6-7(2)9(4)5-10-8(6)3;1-8-5-9-4-2-3-6(9)7-8;2*1-5-6(2)8(3)4-7-5/h2*6H,1-5H3;3-6H,1-2H3;2*5H,1-4H3;2-5H,1H3;2*4H,1-3H3. The van der Waals surface area contributed by atoms with Crippen molar-refractivity contribution in [2.24, 2.45) is 28.2 Å². The van der Waals surface area contributed by atoms with Gasteiger partial charge in [-0.05, 0) is 92.4 Å². The van der Waals surface area contributed by atoms with Gasteiger partial charge in [0.2, 0.25) is 11.6 Å². The third-order valence-electron chi connectivity index (χ3n) is 15.2. The van der Waals surface area contributed by atoms with Crippen molar-refractivity contribution in [3.63, 3.8) is 0 Å². The molecule has 6 aromatic rings. The van der Waals surface area contributed by atoms with Crippen LogP contribution in [0.15, 0.2) is 107 Å². The summed E-state index contributed by atoms with van der Waals surface area (Å²) in [5.41, 5.74) is 19.9. The maximum absolute atomic E-state index is 5.23. The van der Waals surface area contributed by atoms with Gasteiger partial charge >= 0.3 is 6.33 Å². The van der Waals surface area contributed by atoms with E-state index in [0.29, 0.717) is 0 Å². The van der Waals surface area contributed by atoms with Crippen molar-refractivity contribution in [1.82, 2.24) is 43.3 Å². The van der Waals surface area contributed by atoms with Gasteiger partial charge in [-0.1, -0.05) is 97.2 Å². The molecule has 0 spiro atoms. The highest BCUT2D eigenvalue weighted by Crippen LogP contribution is 2.44. The van der Waals surface area contributed by atoms with E-state index in [4.69, 9.17) is 4.42 Å². The molecule has 0 saturated carbocycles. The van der Waals surface area contributed by atoms with Crippen molar-refractivity contribution in [1.29, 1.82) is 0 Å². The Hall–Kier alpha value is -6.64. The van der Waals surface area contributed by atoms with E-state index in [2.05, 4.69) is 224 Å². The summed E-state index contributed by atoms with van der Waals surface area (Å²) < 4.78 is 21.6. The average molecular weight is 1090 g/mol. The molecule has 15 nitrogen and oxygen atoms in total. The van der Waals surface area contributed by atoms with Crippen LogP contribution in [0.5, 0.6) is 0 Å². The van der Waals surface area contributed by atoms with E-state index < -0.39 is 0 Å². The molecule has 0 bridgehead atoms. The minimum Gasteiger partial charge on any atom is -0.394 e. The van der Waals surface area contributed by atoms with Gasteiger partial charge in [-0.2, -0.15) is 12.1 Å². The summed E-state index contributed by atoms with van der Waals surface area (Å²) in [4.78, 5) is 14.4. The highest BCUT2D eigenvalue weighted by molar-refractivity contribution is 7.80. The molecule has 0 amide bonds. The lowest BCUT2D eigenvalue weighted by Gasteiger charge is -2.31. The molecule has 4 aliphatic heterocycles. The first-order valence-corrected chi connectivity index (χ1v) is 28.7. The summed E-state index contributed by atoms with van der Waals surface area (Å²) in [6.45, 7) is 38.2. The maximum Gasteiger partial charge on any atom is 0.322 e. The molecule has 4 aliphatic rings. The van der Waals surface area contributed by atoms with E-state index in [1.165, 1.54) is 79.3 Å². The Morgan fingerprint density at radius 2 is 1.21 bits per heavy atom. The van der Waals surface area contributed by atoms with Crippen molar-refractivity contribution >= 4 is 54.6 Å². The molecule has 0 fully saturated rings.